The van der Waals surface area contributed by atoms with Crippen LogP contribution in [0.1, 0.15) is 0 Å². The van der Waals surface area contributed by atoms with Crippen LogP contribution in [0.5, 0.6) is 0 Å². The van der Waals surface area contributed by atoms with Gasteiger partial charge in [0.15, 0.2) is 11.6 Å². The summed E-state index contributed by atoms with van der Waals surface area (Å²) in [4.78, 5) is 15.2. The average Bonchev–Trinajstić information content (AvgIpc) is 3.57. The van der Waals surface area contributed by atoms with Gasteiger partial charge in [-0.25, -0.2) is 4.98 Å². The summed E-state index contributed by atoms with van der Waals surface area (Å²) in [5.41, 5.74) is 4.18. The molecule has 0 saturated heterocycles. The van der Waals surface area contributed by atoms with Crippen LogP contribution in [0.15, 0.2) is 121 Å². The van der Waals surface area contributed by atoms with Gasteiger partial charge in [0.05, 0.1) is 15.7 Å². The molecular weight excluding hydrogens is 508 g/mol. The lowest BCUT2D eigenvalue weighted by Gasteiger charge is -2.11. The molecule has 40 heavy (non-hydrogen) atoms. The van der Waals surface area contributed by atoms with E-state index in [4.69, 9.17) is 15.0 Å². The molecule has 4 nitrogen and oxygen atoms in total. The molecule has 0 radical (unpaired) electrons. The van der Waals surface area contributed by atoms with Gasteiger partial charge in [-0.1, -0.05) is 103 Å². The Labute approximate surface area is 233 Å². The maximum Gasteiger partial charge on any atom is 0.238 e. The van der Waals surface area contributed by atoms with E-state index in [1.54, 1.807) is 0 Å². The van der Waals surface area contributed by atoms with Crippen molar-refractivity contribution < 1.29 is 0 Å². The Hall–Kier alpha value is -5.13. The van der Waals surface area contributed by atoms with Crippen molar-refractivity contribution in [2.75, 3.05) is 0 Å². The fourth-order valence-electron chi connectivity index (χ4n) is 6.03. The first kappa shape index (κ1) is 21.8. The minimum Gasteiger partial charge on any atom is -0.276 e. The van der Waals surface area contributed by atoms with E-state index in [0.29, 0.717) is 17.6 Å². The van der Waals surface area contributed by atoms with Gasteiger partial charge < -0.3 is 0 Å². The average molecular weight is 529 g/mol. The van der Waals surface area contributed by atoms with Gasteiger partial charge in [0.2, 0.25) is 5.95 Å². The molecular formula is C35H20N4S. The molecule has 0 aliphatic heterocycles. The van der Waals surface area contributed by atoms with Crippen molar-refractivity contribution in [1.29, 1.82) is 0 Å². The second-order valence-corrected chi connectivity index (χ2v) is 11.1. The molecule has 5 heteroatoms. The Kier molecular flexibility index (Phi) is 4.45. The lowest BCUT2D eigenvalue weighted by Crippen LogP contribution is -2.06. The van der Waals surface area contributed by atoms with E-state index in [1.807, 2.05) is 47.7 Å². The van der Waals surface area contributed by atoms with Crippen LogP contribution in [-0.2, 0) is 0 Å². The molecule has 0 aliphatic rings. The molecule has 0 bridgehead atoms. The summed E-state index contributed by atoms with van der Waals surface area (Å²) in [6.07, 6.45) is 0. The van der Waals surface area contributed by atoms with E-state index in [-0.39, 0.29) is 0 Å². The topological polar surface area (TPSA) is 43.6 Å². The molecule has 186 valence electrons. The lowest BCUT2D eigenvalue weighted by molar-refractivity contribution is 0.955. The zero-order valence-corrected chi connectivity index (χ0v) is 22.1. The molecule has 3 heterocycles. The molecule has 0 amide bonds. The fourth-order valence-corrected chi connectivity index (χ4v) is 7.25. The normalized spacial score (nSPS) is 12.0. The van der Waals surface area contributed by atoms with Gasteiger partial charge in [-0.15, -0.1) is 11.3 Å². The Balaban J connectivity index is 1.48. The molecule has 0 N–H and O–H groups in total. The third-order valence-electron chi connectivity index (χ3n) is 7.79. The van der Waals surface area contributed by atoms with E-state index in [1.165, 1.54) is 41.7 Å². The second kappa shape index (κ2) is 8.18. The van der Waals surface area contributed by atoms with E-state index in [9.17, 15) is 0 Å². The van der Waals surface area contributed by atoms with Crippen molar-refractivity contribution in [3.8, 4) is 28.7 Å². The smallest absolute Gasteiger partial charge is 0.238 e. The third kappa shape index (κ3) is 3.04. The molecule has 0 aliphatic carbocycles. The number of hydrogen-bond acceptors (Lipinski definition) is 4. The van der Waals surface area contributed by atoms with Gasteiger partial charge in [-0.2, -0.15) is 9.97 Å². The minimum atomic E-state index is 0.627. The largest absolute Gasteiger partial charge is 0.276 e. The Morgan fingerprint density at radius 1 is 0.525 bits per heavy atom. The number of hydrogen-bond donors (Lipinski definition) is 0. The Morgan fingerprint density at radius 3 is 1.95 bits per heavy atom. The minimum absolute atomic E-state index is 0.627. The van der Waals surface area contributed by atoms with Gasteiger partial charge in [-0.05, 0) is 29.0 Å². The first-order valence-electron chi connectivity index (χ1n) is 13.3. The van der Waals surface area contributed by atoms with Crippen LogP contribution in [0, 0.1) is 0 Å². The van der Waals surface area contributed by atoms with Crippen molar-refractivity contribution in [2.24, 2.45) is 0 Å². The van der Waals surface area contributed by atoms with Crippen molar-refractivity contribution in [3.63, 3.8) is 0 Å². The maximum atomic E-state index is 5.14. The Bertz CT molecular complexity index is 2310. The van der Waals surface area contributed by atoms with Gasteiger partial charge in [0, 0.05) is 37.4 Å². The van der Waals surface area contributed by atoms with Crippen LogP contribution in [0.3, 0.4) is 0 Å². The van der Waals surface area contributed by atoms with Gasteiger partial charge in [0.25, 0.3) is 0 Å². The zero-order valence-electron chi connectivity index (χ0n) is 21.2. The van der Waals surface area contributed by atoms with Gasteiger partial charge in [0.1, 0.15) is 0 Å². The van der Waals surface area contributed by atoms with Crippen LogP contribution in [0.25, 0.3) is 81.5 Å². The van der Waals surface area contributed by atoms with Crippen LogP contribution >= 0.6 is 11.3 Å². The van der Waals surface area contributed by atoms with Crippen LogP contribution < -0.4 is 0 Å². The molecule has 0 atom stereocenters. The number of aromatic nitrogens is 4. The zero-order chi connectivity index (χ0) is 26.2. The lowest BCUT2D eigenvalue weighted by atomic mass is 10.00. The summed E-state index contributed by atoms with van der Waals surface area (Å²) in [6, 6.07) is 42.3. The van der Waals surface area contributed by atoms with Gasteiger partial charge >= 0.3 is 0 Å². The van der Waals surface area contributed by atoms with Gasteiger partial charge in [-0.3, -0.25) is 4.57 Å². The molecule has 6 aromatic carbocycles. The predicted molar refractivity (Wildman–Crippen MR) is 167 cm³/mol. The van der Waals surface area contributed by atoms with Crippen LogP contribution in [-0.4, -0.2) is 19.5 Å². The van der Waals surface area contributed by atoms with E-state index in [0.717, 1.165) is 22.2 Å². The highest BCUT2D eigenvalue weighted by Crippen LogP contribution is 2.46. The maximum absolute atomic E-state index is 5.14. The number of benzene rings is 6. The standard InChI is InChI=1S/C35H20N4S/c1-3-10-22(11-4-1)33-36-34(23-12-5-2-6-13-23)38-35(37-33)39-27-16-9-14-21-18-19-24-20-26-25-15-7-8-17-28(25)40-32(26)31(39)30(24)29(21)27/h1-20H. The summed E-state index contributed by atoms with van der Waals surface area (Å²) >= 11 is 1.84. The van der Waals surface area contributed by atoms with Crippen LogP contribution in [0.2, 0.25) is 0 Å². The Morgan fingerprint density at radius 2 is 1.20 bits per heavy atom. The number of nitrogens with zero attached hydrogens (tertiary/aromatic N) is 4. The predicted octanol–water partition coefficient (Wildman–Crippen LogP) is 9.26. The summed E-state index contributed by atoms with van der Waals surface area (Å²) < 4.78 is 4.80. The SMILES string of the molecule is c1ccc(-c2nc(-c3ccccc3)nc(-n3c4cccc5ccc6cc7c8ccccc8sc7c3c6c54)n2)cc1. The summed E-state index contributed by atoms with van der Waals surface area (Å²) in [5, 5.41) is 7.50. The fraction of sp³-hybridized carbons (Fsp3) is 0. The molecule has 9 rings (SSSR count). The number of thiophene rings is 1. The highest BCUT2D eigenvalue weighted by Gasteiger charge is 2.23. The van der Waals surface area contributed by atoms with E-state index in [2.05, 4.69) is 89.5 Å². The molecule has 3 aromatic heterocycles. The first-order valence-corrected chi connectivity index (χ1v) is 14.1. The van der Waals surface area contributed by atoms with Crippen molar-refractivity contribution in [2.45, 2.75) is 0 Å². The second-order valence-electron chi connectivity index (χ2n) is 10.1. The summed E-state index contributed by atoms with van der Waals surface area (Å²) in [7, 11) is 0. The first-order chi connectivity index (χ1) is 19.8. The monoisotopic (exact) mass is 528 g/mol. The summed E-state index contributed by atoms with van der Waals surface area (Å²) in [5.74, 6) is 1.95. The van der Waals surface area contributed by atoms with E-state index >= 15 is 0 Å². The molecule has 0 fully saturated rings. The highest BCUT2D eigenvalue weighted by molar-refractivity contribution is 7.26. The molecule has 0 saturated carbocycles. The number of rotatable bonds is 3. The van der Waals surface area contributed by atoms with Crippen molar-refractivity contribution >= 4 is 64.1 Å². The van der Waals surface area contributed by atoms with E-state index < -0.39 is 0 Å². The highest BCUT2D eigenvalue weighted by atomic mass is 32.1. The molecule has 0 unspecified atom stereocenters. The third-order valence-corrected chi connectivity index (χ3v) is 8.99. The molecule has 9 aromatic rings. The van der Waals surface area contributed by atoms with Crippen molar-refractivity contribution in [1.82, 2.24) is 19.5 Å². The number of fused-ring (bicyclic) bond motifs is 4. The quantitative estimate of drug-likeness (QED) is 0.215. The van der Waals surface area contributed by atoms with Crippen LogP contribution in [0.4, 0.5) is 0 Å². The van der Waals surface area contributed by atoms with Crippen molar-refractivity contribution in [3.05, 3.63) is 121 Å². The molecule has 0 spiro atoms. The summed E-state index contributed by atoms with van der Waals surface area (Å²) in [6.45, 7) is 0.